The third-order valence-corrected chi connectivity index (χ3v) is 2.63. The summed E-state index contributed by atoms with van der Waals surface area (Å²) in [6.07, 6.45) is 4.86. The molecule has 7 heteroatoms. The molecule has 3 N–H and O–H groups in total. The molecular formula is C14H16N4O3. The highest BCUT2D eigenvalue weighted by Crippen LogP contribution is 1.98. The number of aromatic nitrogens is 1. The fraction of sp³-hybridized carbons (Fsp3) is 0.214. The van der Waals surface area contributed by atoms with E-state index in [1.807, 2.05) is 6.07 Å². The van der Waals surface area contributed by atoms with Crippen LogP contribution in [-0.2, 0) is 17.9 Å². The fourth-order valence-corrected chi connectivity index (χ4v) is 1.57. The fourth-order valence-electron chi connectivity index (χ4n) is 1.57. The minimum absolute atomic E-state index is 0.0976. The van der Waals surface area contributed by atoms with Crippen molar-refractivity contribution in [3.63, 3.8) is 0 Å². The number of urea groups is 1. The summed E-state index contributed by atoms with van der Waals surface area (Å²) >= 11 is 0. The zero-order chi connectivity index (χ0) is 14.9. The van der Waals surface area contributed by atoms with E-state index >= 15 is 0 Å². The standard InChI is InChI=1S/C14H16N4O3/c19-13(16-9-12-4-2-6-21-12)10-18-14(20)17-8-11-3-1-5-15-7-11/h1-7H,8-10H2,(H,16,19)(H2,17,18,20). The molecule has 2 aromatic rings. The van der Waals surface area contributed by atoms with Crippen LogP contribution in [0.2, 0.25) is 0 Å². The molecule has 0 unspecified atom stereocenters. The molecule has 0 aliphatic carbocycles. The van der Waals surface area contributed by atoms with Gasteiger partial charge in [0.25, 0.3) is 0 Å². The Morgan fingerprint density at radius 2 is 2.00 bits per heavy atom. The molecule has 0 saturated heterocycles. The van der Waals surface area contributed by atoms with Gasteiger partial charge in [0.1, 0.15) is 5.76 Å². The van der Waals surface area contributed by atoms with Gasteiger partial charge in [-0.15, -0.1) is 0 Å². The van der Waals surface area contributed by atoms with Crippen molar-refractivity contribution in [1.29, 1.82) is 0 Å². The molecule has 0 saturated carbocycles. The van der Waals surface area contributed by atoms with E-state index in [-0.39, 0.29) is 12.5 Å². The third kappa shape index (κ3) is 5.35. The van der Waals surface area contributed by atoms with Crippen LogP contribution in [0.25, 0.3) is 0 Å². The van der Waals surface area contributed by atoms with Crippen LogP contribution >= 0.6 is 0 Å². The minimum atomic E-state index is -0.410. The molecule has 2 aromatic heterocycles. The smallest absolute Gasteiger partial charge is 0.315 e. The zero-order valence-electron chi connectivity index (χ0n) is 11.3. The number of nitrogens with zero attached hydrogens (tertiary/aromatic N) is 1. The lowest BCUT2D eigenvalue weighted by atomic mass is 10.3. The van der Waals surface area contributed by atoms with E-state index in [4.69, 9.17) is 4.42 Å². The summed E-state index contributed by atoms with van der Waals surface area (Å²) in [4.78, 5) is 27.0. The van der Waals surface area contributed by atoms with Crippen molar-refractivity contribution in [1.82, 2.24) is 20.9 Å². The van der Waals surface area contributed by atoms with Crippen molar-refractivity contribution in [2.75, 3.05) is 6.54 Å². The molecule has 0 aliphatic heterocycles. The van der Waals surface area contributed by atoms with Gasteiger partial charge in [-0.2, -0.15) is 0 Å². The molecule has 0 bridgehead atoms. The molecular weight excluding hydrogens is 272 g/mol. The van der Waals surface area contributed by atoms with Crippen molar-refractivity contribution >= 4 is 11.9 Å². The predicted octanol–water partition coefficient (Wildman–Crippen LogP) is 0.790. The van der Waals surface area contributed by atoms with Crippen molar-refractivity contribution in [3.05, 3.63) is 54.2 Å². The highest BCUT2D eigenvalue weighted by molar-refractivity contribution is 5.83. The number of nitrogens with one attached hydrogen (secondary N) is 3. The first-order valence-electron chi connectivity index (χ1n) is 6.44. The maximum Gasteiger partial charge on any atom is 0.315 e. The Balaban J connectivity index is 1.61. The quantitative estimate of drug-likeness (QED) is 0.732. The van der Waals surface area contributed by atoms with Crippen LogP contribution in [-0.4, -0.2) is 23.5 Å². The molecule has 0 aromatic carbocycles. The predicted molar refractivity (Wildman–Crippen MR) is 75.0 cm³/mol. The minimum Gasteiger partial charge on any atom is -0.467 e. The number of hydrogen-bond acceptors (Lipinski definition) is 4. The van der Waals surface area contributed by atoms with Crippen molar-refractivity contribution < 1.29 is 14.0 Å². The molecule has 0 radical (unpaired) electrons. The van der Waals surface area contributed by atoms with Crippen LogP contribution < -0.4 is 16.0 Å². The Kier molecular flexibility index (Phi) is 5.33. The maximum absolute atomic E-state index is 11.5. The van der Waals surface area contributed by atoms with Crippen LogP contribution in [0.5, 0.6) is 0 Å². The van der Waals surface area contributed by atoms with Crippen LogP contribution in [0.3, 0.4) is 0 Å². The Morgan fingerprint density at radius 1 is 1.10 bits per heavy atom. The third-order valence-electron chi connectivity index (χ3n) is 2.63. The van der Waals surface area contributed by atoms with E-state index in [1.54, 1.807) is 30.6 Å². The van der Waals surface area contributed by atoms with E-state index in [0.717, 1.165) is 5.56 Å². The van der Waals surface area contributed by atoms with E-state index in [2.05, 4.69) is 20.9 Å². The van der Waals surface area contributed by atoms with E-state index in [1.165, 1.54) is 6.26 Å². The highest BCUT2D eigenvalue weighted by Gasteiger charge is 2.05. The summed E-state index contributed by atoms with van der Waals surface area (Å²) in [6.45, 7) is 0.554. The SMILES string of the molecule is O=C(CNC(=O)NCc1cccnc1)NCc1ccco1. The first-order valence-corrected chi connectivity index (χ1v) is 6.44. The van der Waals surface area contributed by atoms with Crippen LogP contribution in [0.15, 0.2) is 47.3 Å². The molecule has 0 spiro atoms. The van der Waals surface area contributed by atoms with Crippen molar-refractivity contribution in [2.45, 2.75) is 13.1 Å². The first kappa shape index (κ1) is 14.6. The van der Waals surface area contributed by atoms with Gasteiger partial charge in [0.2, 0.25) is 5.91 Å². The molecule has 21 heavy (non-hydrogen) atoms. The summed E-state index contributed by atoms with van der Waals surface area (Å²) in [5.41, 5.74) is 0.884. The second-order valence-electron chi connectivity index (χ2n) is 4.25. The van der Waals surface area contributed by atoms with Gasteiger partial charge in [0.05, 0.1) is 19.4 Å². The Hall–Kier alpha value is -2.83. The first-order chi connectivity index (χ1) is 10.2. The summed E-state index contributed by atoms with van der Waals surface area (Å²) < 4.78 is 5.08. The number of carbonyl (C=O) groups is 2. The highest BCUT2D eigenvalue weighted by atomic mass is 16.3. The number of pyridine rings is 1. The normalized spacial score (nSPS) is 9.90. The monoisotopic (exact) mass is 288 g/mol. The molecule has 2 heterocycles. The number of rotatable bonds is 6. The lowest BCUT2D eigenvalue weighted by Crippen LogP contribution is -2.41. The van der Waals surface area contributed by atoms with Gasteiger partial charge in [0, 0.05) is 18.9 Å². The average Bonchev–Trinajstić information content (AvgIpc) is 3.03. The van der Waals surface area contributed by atoms with Crippen molar-refractivity contribution in [3.8, 4) is 0 Å². The molecule has 7 nitrogen and oxygen atoms in total. The topological polar surface area (TPSA) is 96.3 Å². The van der Waals surface area contributed by atoms with Crippen LogP contribution in [0.1, 0.15) is 11.3 Å². The van der Waals surface area contributed by atoms with E-state index < -0.39 is 6.03 Å². The van der Waals surface area contributed by atoms with Gasteiger partial charge in [-0.25, -0.2) is 4.79 Å². The van der Waals surface area contributed by atoms with E-state index in [9.17, 15) is 9.59 Å². The summed E-state index contributed by atoms with van der Waals surface area (Å²) in [5.74, 6) is 0.368. The Morgan fingerprint density at radius 3 is 2.71 bits per heavy atom. The van der Waals surface area contributed by atoms with Gasteiger partial charge in [0.15, 0.2) is 0 Å². The number of hydrogen-bond donors (Lipinski definition) is 3. The summed E-state index contributed by atoms with van der Waals surface area (Å²) in [6, 6.07) is 6.73. The van der Waals surface area contributed by atoms with Gasteiger partial charge in [-0.05, 0) is 23.8 Å². The maximum atomic E-state index is 11.5. The lowest BCUT2D eigenvalue weighted by Gasteiger charge is -2.07. The van der Waals surface area contributed by atoms with Crippen molar-refractivity contribution in [2.24, 2.45) is 0 Å². The average molecular weight is 288 g/mol. The Bertz CT molecular complexity index is 569. The van der Waals surface area contributed by atoms with Crippen LogP contribution in [0.4, 0.5) is 4.79 Å². The molecule has 3 amide bonds. The molecule has 0 fully saturated rings. The number of amides is 3. The van der Waals surface area contributed by atoms with Gasteiger partial charge in [-0.1, -0.05) is 6.07 Å². The van der Waals surface area contributed by atoms with Gasteiger partial charge < -0.3 is 20.4 Å². The molecule has 0 aliphatic rings. The Labute approximate surface area is 121 Å². The molecule has 0 atom stereocenters. The summed E-state index contributed by atoms with van der Waals surface area (Å²) in [7, 11) is 0. The van der Waals surface area contributed by atoms with Gasteiger partial charge in [-0.3, -0.25) is 9.78 Å². The second-order valence-corrected chi connectivity index (χ2v) is 4.25. The van der Waals surface area contributed by atoms with E-state index in [0.29, 0.717) is 18.8 Å². The van der Waals surface area contributed by atoms with Crippen LogP contribution in [0, 0.1) is 0 Å². The van der Waals surface area contributed by atoms with Gasteiger partial charge >= 0.3 is 6.03 Å². The number of carbonyl (C=O) groups excluding carboxylic acids is 2. The zero-order valence-corrected chi connectivity index (χ0v) is 11.3. The lowest BCUT2D eigenvalue weighted by molar-refractivity contribution is -0.120. The second kappa shape index (κ2) is 7.68. The number of furan rings is 1. The molecule has 110 valence electrons. The molecule has 2 rings (SSSR count). The summed E-state index contributed by atoms with van der Waals surface area (Å²) in [5, 5.41) is 7.73. The largest absolute Gasteiger partial charge is 0.467 e.